The van der Waals surface area contributed by atoms with Crippen molar-refractivity contribution >= 4 is 46.1 Å². The molecule has 0 atom stereocenters. The molecule has 1 aliphatic rings. The monoisotopic (exact) mass is 507 g/mol. The van der Waals surface area contributed by atoms with Gasteiger partial charge in [-0.1, -0.05) is 11.6 Å². The van der Waals surface area contributed by atoms with E-state index in [0.29, 0.717) is 22.5 Å². The molecule has 1 N–H and O–H groups in total. The van der Waals surface area contributed by atoms with Gasteiger partial charge in [0, 0.05) is 36.3 Å². The van der Waals surface area contributed by atoms with E-state index in [0.717, 1.165) is 54.0 Å². The molecule has 8 heteroatoms. The molecule has 3 aromatic rings. The van der Waals surface area contributed by atoms with Crippen LogP contribution in [0.5, 0.6) is 5.75 Å². The molecule has 0 saturated carbocycles. The molecule has 36 heavy (non-hydrogen) atoms. The fourth-order valence-electron chi connectivity index (χ4n) is 4.41. The first-order valence-electron chi connectivity index (χ1n) is 12.3. The number of benzene rings is 2. The third kappa shape index (κ3) is 6.33. The molecule has 1 aromatic heterocycles. The first kappa shape index (κ1) is 25.9. The molecule has 1 saturated heterocycles. The SMILES string of the molecule is Cc1nc(N2CCC(N(C)C)CC2)nc2ccc(NC(=O)C=Cc3ccc(OC(C)C)cc3Cl)cc12. The van der Waals surface area contributed by atoms with Gasteiger partial charge in [0.1, 0.15) is 5.75 Å². The summed E-state index contributed by atoms with van der Waals surface area (Å²) in [7, 11) is 4.28. The molecule has 4 rings (SSSR count). The molecule has 1 fully saturated rings. The van der Waals surface area contributed by atoms with E-state index in [1.54, 1.807) is 12.1 Å². The Morgan fingerprint density at radius 2 is 1.92 bits per heavy atom. The number of fused-ring (bicyclic) bond motifs is 1. The van der Waals surface area contributed by atoms with Gasteiger partial charge in [-0.15, -0.1) is 0 Å². The van der Waals surface area contributed by atoms with Crippen molar-refractivity contribution < 1.29 is 9.53 Å². The van der Waals surface area contributed by atoms with Crippen LogP contribution < -0.4 is 15.0 Å². The van der Waals surface area contributed by atoms with Gasteiger partial charge < -0.3 is 19.9 Å². The van der Waals surface area contributed by atoms with Crippen molar-refractivity contribution in [1.29, 1.82) is 0 Å². The van der Waals surface area contributed by atoms with Crippen LogP contribution in [-0.4, -0.2) is 60.1 Å². The van der Waals surface area contributed by atoms with Crippen LogP contribution >= 0.6 is 11.6 Å². The lowest BCUT2D eigenvalue weighted by Crippen LogP contribution is -2.42. The lowest BCUT2D eigenvalue weighted by atomic mass is 10.0. The van der Waals surface area contributed by atoms with Crippen molar-refractivity contribution in [2.75, 3.05) is 37.4 Å². The summed E-state index contributed by atoms with van der Waals surface area (Å²) < 4.78 is 5.65. The minimum Gasteiger partial charge on any atom is -0.491 e. The fraction of sp³-hybridized carbons (Fsp3) is 0.393. The minimum absolute atomic E-state index is 0.0661. The number of aromatic nitrogens is 2. The number of carbonyl (C=O) groups excluding carboxylic acids is 1. The maximum Gasteiger partial charge on any atom is 0.248 e. The first-order valence-corrected chi connectivity index (χ1v) is 12.7. The second-order valence-corrected chi connectivity index (χ2v) is 10.1. The van der Waals surface area contributed by atoms with Gasteiger partial charge in [0.15, 0.2) is 0 Å². The minimum atomic E-state index is -0.244. The highest BCUT2D eigenvalue weighted by molar-refractivity contribution is 6.32. The van der Waals surface area contributed by atoms with Gasteiger partial charge in [0.2, 0.25) is 11.9 Å². The van der Waals surface area contributed by atoms with E-state index in [9.17, 15) is 4.79 Å². The number of rotatable bonds is 7. The van der Waals surface area contributed by atoms with Crippen molar-refractivity contribution in [2.45, 2.75) is 45.8 Å². The Bertz CT molecular complexity index is 1270. The zero-order chi connectivity index (χ0) is 25.8. The molecule has 0 unspecified atom stereocenters. The van der Waals surface area contributed by atoms with Crippen molar-refractivity contribution in [3.8, 4) is 5.75 Å². The fourth-order valence-corrected chi connectivity index (χ4v) is 4.64. The number of carbonyl (C=O) groups is 1. The van der Waals surface area contributed by atoms with Gasteiger partial charge in [-0.2, -0.15) is 0 Å². The average molecular weight is 508 g/mol. The van der Waals surface area contributed by atoms with Crippen LogP contribution in [0.1, 0.15) is 37.9 Å². The number of halogens is 1. The second-order valence-electron chi connectivity index (χ2n) is 9.70. The van der Waals surface area contributed by atoms with E-state index < -0.39 is 0 Å². The summed E-state index contributed by atoms with van der Waals surface area (Å²) in [6.07, 6.45) is 5.44. The Morgan fingerprint density at radius 1 is 1.17 bits per heavy atom. The average Bonchev–Trinajstić information content (AvgIpc) is 2.83. The quantitative estimate of drug-likeness (QED) is 0.422. The van der Waals surface area contributed by atoms with Gasteiger partial charge >= 0.3 is 0 Å². The number of piperidine rings is 1. The molecular weight excluding hydrogens is 474 g/mol. The Labute approximate surface area is 218 Å². The van der Waals surface area contributed by atoms with E-state index in [2.05, 4.69) is 29.2 Å². The Morgan fingerprint density at radius 3 is 2.58 bits per heavy atom. The number of nitrogens with zero attached hydrogens (tertiary/aromatic N) is 4. The summed E-state index contributed by atoms with van der Waals surface area (Å²) in [4.78, 5) is 26.7. The van der Waals surface area contributed by atoms with Crippen molar-refractivity contribution in [3.05, 3.63) is 58.8 Å². The Hall–Kier alpha value is -3.16. The zero-order valence-corrected chi connectivity index (χ0v) is 22.3. The number of nitrogens with one attached hydrogen (secondary N) is 1. The van der Waals surface area contributed by atoms with Crippen LogP contribution in [0.4, 0.5) is 11.6 Å². The first-order chi connectivity index (χ1) is 17.2. The highest BCUT2D eigenvalue weighted by atomic mass is 35.5. The van der Waals surface area contributed by atoms with E-state index in [1.165, 1.54) is 6.08 Å². The molecule has 0 spiro atoms. The van der Waals surface area contributed by atoms with Crippen molar-refractivity contribution in [3.63, 3.8) is 0 Å². The molecule has 2 aromatic carbocycles. The lowest BCUT2D eigenvalue weighted by molar-refractivity contribution is -0.111. The van der Waals surface area contributed by atoms with E-state index in [4.69, 9.17) is 26.3 Å². The summed E-state index contributed by atoms with van der Waals surface area (Å²) in [5.41, 5.74) is 3.20. The smallest absolute Gasteiger partial charge is 0.248 e. The number of aryl methyl sites for hydroxylation is 1. The second kappa shape index (κ2) is 11.3. The molecule has 1 amide bonds. The standard InChI is InChI=1S/C28H34ClN5O2/c1-18(2)36-23-9-6-20(25(29)17-23)7-11-27(35)31-21-8-10-26-24(16-21)19(3)30-28(32-26)34-14-12-22(13-15-34)33(4)5/h6-11,16-18,22H,12-15H2,1-5H3,(H,31,35). The summed E-state index contributed by atoms with van der Waals surface area (Å²) in [5, 5.41) is 4.37. The van der Waals surface area contributed by atoms with Gasteiger partial charge in [0.25, 0.3) is 0 Å². The largest absolute Gasteiger partial charge is 0.491 e. The molecule has 2 heterocycles. The summed E-state index contributed by atoms with van der Waals surface area (Å²) in [5.74, 6) is 1.23. The highest BCUT2D eigenvalue weighted by Gasteiger charge is 2.22. The van der Waals surface area contributed by atoms with E-state index in [-0.39, 0.29) is 12.0 Å². The topological polar surface area (TPSA) is 70.6 Å². The van der Waals surface area contributed by atoms with Gasteiger partial charge in [-0.3, -0.25) is 4.79 Å². The normalized spacial score (nSPS) is 14.8. The van der Waals surface area contributed by atoms with E-state index >= 15 is 0 Å². The van der Waals surface area contributed by atoms with Gasteiger partial charge in [-0.25, -0.2) is 9.97 Å². The number of amides is 1. The van der Waals surface area contributed by atoms with Gasteiger partial charge in [0.05, 0.1) is 22.3 Å². The molecule has 190 valence electrons. The third-order valence-corrected chi connectivity index (χ3v) is 6.70. The van der Waals surface area contributed by atoms with Crippen LogP contribution in [0.2, 0.25) is 5.02 Å². The molecule has 1 aliphatic heterocycles. The number of hydrogen-bond donors (Lipinski definition) is 1. The van der Waals surface area contributed by atoms with Crippen molar-refractivity contribution in [1.82, 2.24) is 14.9 Å². The van der Waals surface area contributed by atoms with Crippen LogP contribution in [0, 0.1) is 6.92 Å². The molecule has 0 radical (unpaired) electrons. The van der Waals surface area contributed by atoms with E-state index in [1.807, 2.05) is 51.1 Å². The third-order valence-electron chi connectivity index (χ3n) is 6.38. The summed E-state index contributed by atoms with van der Waals surface area (Å²) >= 11 is 6.35. The Balaban J connectivity index is 1.43. The Kier molecular flexibility index (Phi) is 8.11. The molecule has 7 nitrogen and oxygen atoms in total. The summed E-state index contributed by atoms with van der Waals surface area (Å²) in [6.45, 7) is 7.80. The maximum atomic E-state index is 12.6. The molecule has 0 bridgehead atoms. The maximum absolute atomic E-state index is 12.6. The molecule has 0 aliphatic carbocycles. The van der Waals surface area contributed by atoms with Crippen molar-refractivity contribution in [2.24, 2.45) is 0 Å². The zero-order valence-electron chi connectivity index (χ0n) is 21.6. The lowest BCUT2D eigenvalue weighted by Gasteiger charge is -2.35. The van der Waals surface area contributed by atoms with Crippen LogP contribution in [0.15, 0.2) is 42.5 Å². The number of ether oxygens (including phenoxy) is 1. The summed E-state index contributed by atoms with van der Waals surface area (Å²) in [6, 6.07) is 11.8. The number of anilines is 2. The predicted octanol–water partition coefficient (Wildman–Crippen LogP) is 5.56. The van der Waals surface area contributed by atoms with Crippen LogP contribution in [-0.2, 0) is 4.79 Å². The van der Waals surface area contributed by atoms with Crippen LogP contribution in [0.25, 0.3) is 17.0 Å². The van der Waals surface area contributed by atoms with Crippen LogP contribution in [0.3, 0.4) is 0 Å². The highest BCUT2D eigenvalue weighted by Crippen LogP contribution is 2.26. The number of hydrogen-bond acceptors (Lipinski definition) is 6. The molecular formula is C28H34ClN5O2. The predicted molar refractivity (Wildman–Crippen MR) is 148 cm³/mol. The van der Waals surface area contributed by atoms with Gasteiger partial charge in [-0.05, 0) is 95.7 Å².